The van der Waals surface area contributed by atoms with Crippen LogP contribution < -0.4 is 16.7 Å². The fourth-order valence-electron chi connectivity index (χ4n) is 2.93. The molecule has 0 unspecified atom stereocenters. The first-order valence-corrected chi connectivity index (χ1v) is 10.9. The molecule has 152 valence electrons. The molecule has 0 saturated heterocycles. The highest BCUT2D eigenvalue weighted by Crippen LogP contribution is 2.31. The Morgan fingerprint density at radius 1 is 1.17 bits per heavy atom. The quantitative estimate of drug-likeness (QED) is 0.273. The number of carbonyl (C=O) groups is 1. The van der Waals surface area contributed by atoms with Gasteiger partial charge in [-0.2, -0.15) is 0 Å². The molecule has 0 bridgehead atoms. The zero-order chi connectivity index (χ0) is 21.1. The van der Waals surface area contributed by atoms with E-state index in [0.717, 1.165) is 27.6 Å². The molecule has 2 aromatic carbocycles. The van der Waals surface area contributed by atoms with Crippen molar-refractivity contribution in [3.8, 4) is 11.1 Å². The summed E-state index contributed by atoms with van der Waals surface area (Å²) in [5, 5.41) is 5.24. The predicted octanol–water partition coefficient (Wildman–Crippen LogP) is 3.39. The summed E-state index contributed by atoms with van der Waals surface area (Å²) in [6.07, 6.45) is 0. The average molecular weight is 441 g/mol. The standard InChI is InChI=1S/C21H17FN4O2S2/c22-16-9-5-4-8-14(16)10-24-17(27)12-30-21-25-19-18(20(28)26(21)23)15(11-29-19)13-6-2-1-3-7-13/h1-9,11H,10,12,23H2,(H,24,27). The van der Waals surface area contributed by atoms with Gasteiger partial charge in [0.15, 0.2) is 5.16 Å². The van der Waals surface area contributed by atoms with Crippen LogP contribution in [0.3, 0.4) is 0 Å². The van der Waals surface area contributed by atoms with Gasteiger partial charge in [0.25, 0.3) is 5.56 Å². The highest BCUT2D eigenvalue weighted by molar-refractivity contribution is 7.99. The van der Waals surface area contributed by atoms with Gasteiger partial charge in [-0.25, -0.2) is 14.1 Å². The molecule has 0 aliphatic carbocycles. The third-order valence-electron chi connectivity index (χ3n) is 4.46. The van der Waals surface area contributed by atoms with Crippen molar-refractivity contribution in [2.75, 3.05) is 11.6 Å². The van der Waals surface area contributed by atoms with Crippen molar-refractivity contribution >= 4 is 39.2 Å². The third-order valence-corrected chi connectivity index (χ3v) is 6.28. The van der Waals surface area contributed by atoms with Gasteiger partial charge in [0.2, 0.25) is 5.91 Å². The van der Waals surface area contributed by atoms with E-state index in [2.05, 4.69) is 10.3 Å². The monoisotopic (exact) mass is 440 g/mol. The summed E-state index contributed by atoms with van der Waals surface area (Å²) < 4.78 is 14.6. The molecule has 4 rings (SSSR count). The Kier molecular flexibility index (Phi) is 5.82. The van der Waals surface area contributed by atoms with E-state index in [9.17, 15) is 14.0 Å². The summed E-state index contributed by atoms with van der Waals surface area (Å²) in [6, 6.07) is 15.8. The summed E-state index contributed by atoms with van der Waals surface area (Å²) in [5.41, 5.74) is 1.73. The molecule has 3 N–H and O–H groups in total. The minimum Gasteiger partial charge on any atom is -0.351 e. The highest BCUT2D eigenvalue weighted by Gasteiger charge is 2.17. The van der Waals surface area contributed by atoms with Crippen molar-refractivity contribution in [3.05, 3.63) is 81.7 Å². The molecule has 2 aromatic heterocycles. The maximum atomic E-state index is 13.6. The summed E-state index contributed by atoms with van der Waals surface area (Å²) >= 11 is 2.41. The number of hydrogen-bond donors (Lipinski definition) is 2. The van der Waals surface area contributed by atoms with E-state index in [0.29, 0.717) is 15.8 Å². The Bertz CT molecular complexity index is 1270. The largest absolute Gasteiger partial charge is 0.351 e. The average Bonchev–Trinajstić information content (AvgIpc) is 3.19. The lowest BCUT2D eigenvalue weighted by molar-refractivity contribution is -0.118. The molecule has 0 radical (unpaired) electrons. The van der Waals surface area contributed by atoms with Gasteiger partial charge in [-0.3, -0.25) is 9.59 Å². The number of nitrogens with two attached hydrogens (primary N) is 1. The van der Waals surface area contributed by atoms with E-state index in [1.807, 2.05) is 35.7 Å². The van der Waals surface area contributed by atoms with Crippen LogP contribution in [-0.2, 0) is 11.3 Å². The SMILES string of the molecule is Nn1c(SCC(=O)NCc2ccccc2F)nc2scc(-c3ccccc3)c2c1=O. The number of hydrogen-bond acceptors (Lipinski definition) is 6. The van der Waals surface area contributed by atoms with Crippen LogP contribution in [0.4, 0.5) is 4.39 Å². The smallest absolute Gasteiger partial charge is 0.282 e. The van der Waals surface area contributed by atoms with Gasteiger partial charge in [-0.1, -0.05) is 60.3 Å². The molecule has 0 aliphatic rings. The van der Waals surface area contributed by atoms with Gasteiger partial charge in [0, 0.05) is 23.1 Å². The summed E-state index contributed by atoms with van der Waals surface area (Å²) in [4.78, 5) is 30.0. The Morgan fingerprint density at radius 3 is 2.67 bits per heavy atom. The van der Waals surface area contributed by atoms with Gasteiger partial charge < -0.3 is 11.2 Å². The van der Waals surface area contributed by atoms with Gasteiger partial charge in [-0.15, -0.1) is 11.3 Å². The predicted molar refractivity (Wildman–Crippen MR) is 118 cm³/mol. The number of rotatable bonds is 6. The first-order chi connectivity index (χ1) is 14.5. The minimum atomic E-state index is -0.375. The molecule has 0 saturated carbocycles. The zero-order valence-corrected chi connectivity index (χ0v) is 17.3. The van der Waals surface area contributed by atoms with Crippen LogP contribution >= 0.6 is 23.1 Å². The van der Waals surface area contributed by atoms with Gasteiger partial charge in [0.05, 0.1) is 11.1 Å². The van der Waals surface area contributed by atoms with Crippen LogP contribution in [0.25, 0.3) is 21.3 Å². The Labute approximate surface area is 179 Å². The molecule has 0 atom stereocenters. The fraction of sp³-hybridized carbons (Fsp3) is 0.0952. The van der Waals surface area contributed by atoms with Crippen molar-refractivity contribution < 1.29 is 9.18 Å². The van der Waals surface area contributed by atoms with E-state index >= 15 is 0 Å². The molecule has 30 heavy (non-hydrogen) atoms. The molecule has 0 spiro atoms. The number of nitrogen functional groups attached to an aromatic ring is 1. The summed E-state index contributed by atoms with van der Waals surface area (Å²) in [6.45, 7) is 0.0827. The maximum Gasteiger partial charge on any atom is 0.282 e. The number of thioether (sulfide) groups is 1. The number of amides is 1. The van der Waals surface area contributed by atoms with Crippen molar-refractivity contribution in [1.29, 1.82) is 0 Å². The second-order valence-corrected chi connectivity index (χ2v) is 8.22. The van der Waals surface area contributed by atoms with Gasteiger partial charge in [-0.05, 0) is 11.6 Å². The number of fused-ring (bicyclic) bond motifs is 1. The molecule has 6 nitrogen and oxygen atoms in total. The molecule has 0 aliphatic heterocycles. The Balaban J connectivity index is 1.50. The van der Waals surface area contributed by atoms with E-state index in [4.69, 9.17) is 5.84 Å². The molecule has 1 amide bonds. The zero-order valence-electron chi connectivity index (χ0n) is 15.7. The fourth-order valence-corrected chi connectivity index (χ4v) is 4.67. The highest BCUT2D eigenvalue weighted by atomic mass is 32.2. The van der Waals surface area contributed by atoms with Crippen molar-refractivity contribution in [2.24, 2.45) is 0 Å². The number of benzene rings is 2. The van der Waals surface area contributed by atoms with Crippen LogP contribution in [0.1, 0.15) is 5.56 Å². The molecule has 0 fully saturated rings. The lowest BCUT2D eigenvalue weighted by Crippen LogP contribution is -2.30. The number of thiophene rings is 1. The van der Waals surface area contributed by atoms with Crippen LogP contribution in [0.2, 0.25) is 0 Å². The van der Waals surface area contributed by atoms with E-state index in [1.54, 1.807) is 18.2 Å². The molecular formula is C21H17FN4O2S2. The molecule has 4 aromatic rings. The van der Waals surface area contributed by atoms with E-state index in [1.165, 1.54) is 17.4 Å². The number of carbonyl (C=O) groups excluding carboxylic acids is 1. The van der Waals surface area contributed by atoms with Gasteiger partial charge >= 0.3 is 0 Å². The van der Waals surface area contributed by atoms with Crippen LogP contribution in [0, 0.1) is 5.82 Å². The lowest BCUT2D eigenvalue weighted by atomic mass is 10.1. The molecular weight excluding hydrogens is 423 g/mol. The van der Waals surface area contributed by atoms with Crippen LogP contribution in [0.15, 0.2) is 69.9 Å². The van der Waals surface area contributed by atoms with Crippen molar-refractivity contribution in [2.45, 2.75) is 11.7 Å². The number of nitrogens with one attached hydrogen (secondary N) is 1. The number of halogens is 1. The maximum absolute atomic E-state index is 13.6. The summed E-state index contributed by atoms with van der Waals surface area (Å²) in [5.74, 6) is 5.28. The Morgan fingerprint density at radius 2 is 1.90 bits per heavy atom. The summed E-state index contributed by atoms with van der Waals surface area (Å²) in [7, 11) is 0. The van der Waals surface area contributed by atoms with Crippen LogP contribution in [0.5, 0.6) is 0 Å². The van der Waals surface area contributed by atoms with Crippen molar-refractivity contribution in [3.63, 3.8) is 0 Å². The lowest BCUT2D eigenvalue weighted by Gasteiger charge is -2.08. The Hall–Kier alpha value is -3.17. The van der Waals surface area contributed by atoms with Crippen molar-refractivity contribution in [1.82, 2.24) is 15.0 Å². The second kappa shape index (κ2) is 8.68. The minimum absolute atomic E-state index is 0.000513. The van der Waals surface area contributed by atoms with Crippen LogP contribution in [-0.4, -0.2) is 21.3 Å². The van der Waals surface area contributed by atoms with E-state index in [-0.39, 0.29) is 34.7 Å². The van der Waals surface area contributed by atoms with Gasteiger partial charge in [0.1, 0.15) is 10.6 Å². The first-order valence-electron chi connectivity index (χ1n) is 9.02. The second-order valence-electron chi connectivity index (χ2n) is 6.42. The number of aromatic nitrogens is 2. The normalized spacial score (nSPS) is 11.0. The third kappa shape index (κ3) is 4.07. The topological polar surface area (TPSA) is 90.0 Å². The van der Waals surface area contributed by atoms with E-state index < -0.39 is 0 Å². The molecule has 2 heterocycles. The molecule has 9 heteroatoms. The number of nitrogens with zero attached hydrogens (tertiary/aromatic N) is 2. The first kappa shape index (κ1) is 20.1.